The van der Waals surface area contributed by atoms with Crippen molar-refractivity contribution in [3.63, 3.8) is 0 Å². The number of nitrogens with one attached hydrogen (secondary N) is 1. The van der Waals surface area contributed by atoms with Gasteiger partial charge in [0.25, 0.3) is 5.56 Å². The summed E-state index contributed by atoms with van der Waals surface area (Å²) < 4.78 is 6.30. The summed E-state index contributed by atoms with van der Waals surface area (Å²) in [7, 11) is 3.55. The zero-order chi connectivity index (χ0) is 15.2. The predicted octanol–water partition coefficient (Wildman–Crippen LogP) is 0.979. The molecule has 1 aliphatic rings. The van der Waals surface area contributed by atoms with Crippen molar-refractivity contribution in [1.29, 1.82) is 0 Å². The Balaban J connectivity index is 2.08. The summed E-state index contributed by atoms with van der Waals surface area (Å²) in [6, 6.07) is 0. The number of piperidine rings is 1. The van der Waals surface area contributed by atoms with Gasteiger partial charge in [0.2, 0.25) is 0 Å². The van der Waals surface area contributed by atoms with E-state index in [2.05, 4.69) is 10.4 Å². The van der Waals surface area contributed by atoms with Gasteiger partial charge in [-0.3, -0.25) is 4.79 Å². The van der Waals surface area contributed by atoms with Gasteiger partial charge in [0, 0.05) is 20.7 Å². The average Bonchev–Trinajstić information content (AvgIpc) is 2.49. The van der Waals surface area contributed by atoms with E-state index in [4.69, 9.17) is 16.3 Å². The predicted molar refractivity (Wildman–Crippen MR) is 84.2 cm³/mol. The molecule has 21 heavy (non-hydrogen) atoms. The highest BCUT2D eigenvalue weighted by atomic mass is 35.5. The van der Waals surface area contributed by atoms with Gasteiger partial charge in [-0.2, -0.15) is 5.10 Å². The van der Waals surface area contributed by atoms with Gasteiger partial charge in [0.1, 0.15) is 5.02 Å². The molecule has 2 heterocycles. The van der Waals surface area contributed by atoms with Crippen molar-refractivity contribution in [3.8, 4) is 0 Å². The fourth-order valence-electron chi connectivity index (χ4n) is 2.62. The zero-order valence-electron chi connectivity index (χ0n) is 12.6. The Bertz CT molecular complexity index is 514. The van der Waals surface area contributed by atoms with Gasteiger partial charge in [0.05, 0.1) is 25.0 Å². The van der Waals surface area contributed by atoms with Crippen LogP contribution in [0, 0.1) is 5.92 Å². The van der Waals surface area contributed by atoms with Crippen molar-refractivity contribution in [2.75, 3.05) is 45.3 Å². The highest BCUT2D eigenvalue weighted by Gasteiger charge is 2.18. The third-order valence-electron chi connectivity index (χ3n) is 3.82. The number of ether oxygens (including phenoxy) is 1. The number of methoxy groups -OCH3 is 1. The van der Waals surface area contributed by atoms with Crippen molar-refractivity contribution < 1.29 is 4.74 Å². The molecule has 7 heteroatoms. The van der Waals surface area contributed by atoms with E-state index in [0.717, 1.165) is 19.6 Å². The third kappa shape index (κ3) is 4.18. The average molecular weight is 315 g/mol. The minimum absolute atomic E-state index is 0.229. The number of halogens is 1. The van der Waals surface area contributed by atoms with Gasteiger partial charge in [-0.25, -0.2) is 4.68 Å². The lowest BCUT2D eigenvalue weighted by atomic mass is 9.99. The van der Waals surface area contributed by atoms with E-state index in [-0.39, 0.29) is 10.6 Å². The highest BCUT2D eigenvalue weighted by Crippen LogP contribution is 2.22. The topological polar surface area (TPSA) is 59.4 Å². The number of nitrogens with zero attached hydrogens (tertiary/aromatic N) is 3. The van der Waals surface area contributed by atoms with Gasteiger partial charge in [-0.15, -0.1) is 0 Å². The molecule has 1 saturated heterocycles. The smallest absolute Gasteiger partial charge is 0.287 e. The minimum atomic E-state index is -0.264. The molecule has 0 aromatic carbocycles. The number of hydrogen-bond donors (Lipinski definition) is 1. The van der Waals surface area contributed by atoms with E-state index in [0.29, 0.717) is 24.8 Å². The molecule has 1 atom stereocenters. The van der Waals surface area contributed by atoms with E-state index < -0.39 is 0 Å². The number of rotatable bonds is 6. The highest BCUT2D eigenvalue weighted by molar-refractivity contribution is 6.33. The van der Waals surface area contributed by atoms with Gasteiger partial charge < -0.3 is 15.0 Å². The maximum Gasteiger partial charge on any atom is 0.287 e. The lowest BCUT2D eigenvalue weighted by Gasteiger charge is -2.29. The van der Waals surface area contributed by atoms with Crippen LogP contribution in [0.1, 0.15) is 12.8 Å². The molecular formula is C14H23ClN4O2. The summed E-state index contributed by atoms with van der Waals surface area (Å²) in [4.78, 5) is 14.2. The first kappa shape index (κ1) is 16.3. The van der Waals surface area contributed by atoms with Crippen LogP contribution >= 0.6 is 11.6 Å². The first-order valence-corrected chi connectivity index (χ1v) is 7.67. The van der Waals surface area contributed by atoms with Crippen molar-refractivity contribution >= 4 is 17.3 Å². The molecule has 2 rings (SSSR count). The molecule has 0 spiro atoms. The molecule has 0 aliphatic carbocycles. The van der Waals surface area contributed by atoms with Crippen LogP contribution in [0.2, 0.25) is 5.02 Å². The van der Waals surface area contributed by atoms with E-state index >= 15 is 0 Å². The molecule has 1 N–H and O–H groups in total. The molecule has 0 amide bonds. The molecule has 1 aromatic rings. The van der Waals surface area contributed by atoms with Gasteiger partial charge in [-0.1, -0.05) is 11.6 Å². The maximum atomic E-state index is 12.2. The summed E-state index contributed by atoms with van der Waals surface area (Å²) in [6.07, 6.45) is 4.06. The quantitative estimate of drug-likeness (QED) is 0.848. The van der Waals surface area contributed by atoms with Crippen LogP contribution in [-0.2, 0) is 11.3 Å². The third-order valence-corrected chi connectivity index (χ3v) is 4.17. The molecular weight excluding hydrogens is 292 g/mol. The van der Waals surface area contributed by atoms with Crippen molar-refractivity contribution in [2.24, 2.45) is 5.92 Å². The Morgan fingerprint density at radius 2 is 2.43 bits per heavy atom. The summed E-state index contributed by atoms with van der Waals surface area (Å²) in [5.74, 6) is 0.579. The minimum Gasteiger partial charge on any atom is -0.383 e. The molecule has 1 aliphatic heterocycles. The Morgan fingerprint density at radius 3 is 3.10 bits per heavy atom. The monoisotopic (exact) mass is 314 g/mol. The van der Waals surface area contributed by atoms with Crippen LogP contribution in [0.4, 0.5) is 5.69 Å². The van der Waals surface area contributed by atoms with E-state index in [9.17, 15) is 4.79 Å². The summed E-state index contributed by atoms with van der Waals surface area (Å²) in [5.41, 5.74) is 0.431. The Labute approximate surface area is 130 Å². The van der Waals surface area contributed by atoms with E-state index in [1.54, 1.807) is 13.3 Å². The molecule has 0 saturated carbocycles. The summed E-state index contributed by atoms with van der Waals surface area (Å²) >= 11 is 6.22. The fourth-order valence-corrected chi connectivity index (χ4v) is 2.92. The molecule has 118 valence electrons. The van der Waals surface area contributed by atoms with Gasteiger partial charge in [-0.05, 0) is 31.8 Å². The van der Waals surface area contributed by atoms with Gasteiger partial charge in [0.15, 0.2) is 0 Å². The molecule has 1 aromatic heterocycles. The number of hydrogen-bond acceptors (Lipinski definition) is 5. The zero-order valence-corrected chi connectivity index (χ0v) is 13.4. The number of anilines is 1. The Morgan fingerprint density at radius 1 is 1.62 bits per heavy atom. The van der Waals surface area contributed by atoms with Crippen LogP contribution in [-0.4, -0.2) is 50.2 Å². The SMILES string of the molecule is COCCn1ncc(N(C)CC2CCCNC2)c(Cl)c1=O. The summed E-state index contributed by atoms with van der Waals surface area (Å²) in [5, 5.41) is 7.80. The van der Waals surface area contributed by atoms with Crippen LogP contribution in [0.3, 0.4) is 0 Å². The first-order valence-electron chi connectivity index (χ1n) is 7.30. The van der Waals surface area contributed by atoms with Crippen LogP contribution in [0.5, 0.6) is 0 Å². The van der Waals surface area contributed by atoms with Crippen molar-refractivity contribution in [3.05, 3.63) is 21.6 Å². The largest absolute Gasteiger partial charge is 0.383 e. The lowest BCUT2D eigenvalue weighted by molar-refractivity contribution is 0.182. The fraction of sp³-hybridized carbons (Fsp3) is 0.714. The van der Waals surface area contributed by atoms with Crippen molar-refractivity contribution in [1.82, 2.24) is 15.1 Å². The normalized spacial score (nSPS) is 18.7. The van der Waals surface area contributed by atoms with Crippen LogP contribution in [0.25, 0.3) is 0 Å². The van der Waals surface area contributed by atoms with Crippen LogP contribution < -0.4 is 15.8 Å². The second-order valence-corrected chi connectivity index (χ2v) is 5.84. The molecule has 0 radical (unpaired) electrons. The second kappa shape index (κ2) is 7.77. The Hall–Kier alpha value is -1.11. The molecule has 1 fully saturated rings. The van der Waals surface area contributed by atoms with Crippen molar-refractivity contribution in [2.45, 2.75) is 19.4 Å². The van der Waals surface area contributed by atoms with E-state index in [1.807, 2.05) is 11.9 Å². The van der Waals surface area contributed by atoms with Crippen LogP contribution in [0.15, 0.2) is 11.0 Å². The maximum absolute atomic E-state index is 12.2. The summed E-state index contributed by atoms with van der Waals surface area (Å²) in [6.45, 7) is 3.83. The molecule has 6 nitrogen and oxygen atoms in total. The Kier molecular flexibility index (Phi) is 6.02. The molecule has 0 bridgehead atoms. The second-order valence-electron chi connectivity index (χ2n) is 5.46. The first-order chi connectivity index (χ1) is 10.1. The molecule has 1 unspecified atom stereocenters. The van der Waals surface area contributed by atoms with Gasteiger partial charge >= 0.3 is 0 Å². The number of aromatic nitrogens is 2. The lowest BCUT2D eigenvalue weighted by Crippen LogP contribution is -2.37. The standard InChI is InChI=1S/C14H23ClN4O2/c1-18(10-11-4-3-5-16-8-11)12-9-17-19(6-7-21-2)14(20)13(12)15/h9,11,16H,3-8,10H2,1-2H3. The van der Waals surface area contributed by atoms with E-state index in [1.165, 1.54) is 17.5 Å².